The van der Waals surface area contributed by atoms with E-state index in [4.69, 9.17) is 9.47 Å². The summed E-state index contributed by atoms with van der Waals surface area (Å²) in [7, 11) is 1.63. The lowest BCUT2D eigenvalue weighted by molar-refractivity contribution is -0.121. The van der Waals surface area contributed by atoms with Gasteiger partial charge in [0, 0.05) is 19.5 Å². The largest absolute Gasteiger partial charge is 0.497 e. The molecular weight excluding hydrogens is 316 g/mol. The second-order valence-electron chi connectivity index (χ2n) is 5.96. The first-order chi connectivity index (χ1) is 12.1. The van der Waals surface area contributed by atoms with Crippen molar-refractivity contribution >= 4 is 11.6 Å². The maximum atomic E-state index is 12.0. The predicted octanol–water partition coefficient (Wildman–Crippen LogP) is 3.60. The van der Waals surface area contributed by atoms with E-state index in [1.165, 1.54) is 0 Å². The minimum atomic E-state index is 0.00516. The second-order valence-corrected chi connectivity index (χ2v) is 5.96. The van der Waals surface area contributed by atoms with Gasteiger partial charge in [-0.25, -0.2) is 0 Å². The maximum Gasteiger partial charge on any atom is 0.222 e. The quantitative estimate of drug-likeness (QED) is 0.731. The van der Waals surface area contributed by atoms with Crippen LogP contribution < -0.4 is 20.1 Å². The van der Waals surface area contributed by atoms with Gasteiger partial charge in [-0.3, -0.25) is 4.79 Å². The van der Waals surface area contributed by atoms with Gasteiger partial charge in [-0.1, -0.05) is 24.3 Å². The summed E-state index contributed by atoms with van der Waals surface area (Å²) in [5, 5.41) is 6.18. The third-order valence-electron chi connectivity index (χ3n) is 3.57. The van der Waals surface area contributed by atoms with Crippen LogP contribution in [0.3, 0.4) is 0 Å². The lowest BCUT2D eigenvalue weighted by Crippen LogP contribution is -2.25. The molecule has 2 aromatic rings. The molecular formula is C20H26N2O3. The first-order valence-corrected chi connectivity index (χ1v) is 8.47. The standard InChI is InChI=1S/C20H26N2O3/c1-15(2)25-19-7-5-4-6-18(19)21-13-12-20(23)22-14-16-8-10-17(24-3)11-9-16/h4-11,15,21H,12-14H2,1-3H3,(H,22,23). The normalized spacial score (nSPS) is 10.4. The molecule has 0 aliphatic rings. The summed E-state index contributed by atoms with van der Waals surface area (Å²) < 4.78 is 10.9. The SMILES string of the molecule is COc1ccc(CNC(=O)CCNc2ccccc2OC(C)C)cc1. The van der Waals surface area contributed by atoms with Crippen molar-refractivity contribution < 1.29 is 14.3 Å². The van der Waals surface area contributed by atoms with E-state index in [0.717, 1.165) is 22.7 Å². The summed E-state index contributed by atoms with van der Waals surface area (Å²) in [6, 6.07) is 15.4. The average Bonchev–Trinajstić information content (AvgIpc) is 2.61. The highest BCUT2D eigenvalue weighted by Gasteiger charge is 2.06. The smallest absolute Gasteiger partial charge is 0.222 e. The number of amides is 1. The van der Waals surface area contributed by atoms with Gasteiger partial charge in [0.2, 0.25) is 5.91 Å². The number of nitrogens with one attached hydrogen (secondary N) is 2. The molecule has 0 aliphatic heterocycles. The van der Waals surface area contributed by atoms with E-state index in [2.05, 4.69) is 10.6 Å². The molecule has 0 atom stereocenters. The fourth-order valence-corrected chi connectivity index (χ4v) is 2.31. The highest BCUT2D eigenvalue weighted by Crippen LogP contribution is 2.24. The number of para-hydroxylation sites is 2. The van der Waals surface area contributed by atoms with Gasteiger partial charge in [-0.05, 0) is 43.7 Å². The summed E-state index contributed by atoms with van der Waals surface area (Å²) in [6.45, 7) is 5.04. The van der Waals surface area contributed by atoms with E-state index in [1.54, 1.807) is 7.11 Å². The molecule has 134 valence electrons. The first kappa shape index (κ1) is 18.6. The Hall–Kier alpha value is -2.69. The van der Waals surface area contributed by atoms with Crippen molar-refractivity contribution in [2.45, 2.75) is 32.9 Å². The Kier molecular flexibility index (Phi) is 7.14. The molecule has 2 rings (SSSR count). The molecule has 2 aromatic carbocycles. The van der Waals surface area contributed by atoms with Crippen LogP contribution in [0, 0.1) is 0 Å². The summed E-state index contributed by atoms with van der Waals surface area (Å²) in [5.74, 6) is 1.61. The van der Waals surface area contributed by atoms with E-state index >= 15 is 0 Å². The molecule has 25 heavy (non-hydrogen) atoms. The Labute approximate surface area is 149 Å². The van der Waals surface area contributed by atoms with Gasteiger partial charge in [0.25, 0.3) is 0 Å². The number of hydrogen-bond donors (Lipinski definition) is 2. The Morgan fingerprint density at radius 1 is 1.08 bits per heavy atom. The molecule has 2 N–H and O–H groups in total. The van der Waals surface area contributed by atoms with Crippen molar-refractivity contribution in [2.75, 3.05) is 19.0 Å². The van der Waals surface area contributed by atoms with Crippen molar-refractivity contribution in [3.05, 3.63) is 54.1 Å². The number of rotatable bonds is 9. The van der Waals surface area contributed by atoms with Crippen LogP contribution in [0.5, 0.6) is 11.5 Å². The van der Waals surface area contributed by atoms with Crippen LogP contribution in [0.4, 0.5) is 5.69 Å². The highest BCUT2D eigenvalue weighted by atomic mass is 16.5. The van der Waals surface area contributed by atoms with Gasteiger partial charge >= 0.3 is 0 Å². The minimum Gasteiger partial charge on any atom is -0.497 e. The number of hydrogen-bond acceptors (Lipinski definition) is 4. The molecule has 0 saturated heterocycles. The predicted molar refractivity (Wildman–Crippen MR) is 100 cm³/mol. The van der Waals surface area contributed by atoms with E-state index in [-0.39, 0.29) is 12.0 Å². The van der Waals surface area contributed by atoms with Gasteiger partial charge in [0.15, 0.2) is 0 Å². The Morgan fingerprint density at radius 2 is 1.80 bits per heavy atom. The van der Waals surface area contributed by atoms with Gasteiger partial charge in [-0.15, -0.1) is 0 Å². The van der Waals surface area contributed by atoms with E-state index in [9.17, 15) is 4.79 Å². The molecule has 0 saturated carbocycles. The third kappa shape index (κ3) is 6.37. The molecule has 0 heterocycles. The number of carbonyl (C=O) groups excluding carboxylic acids is 1. The molecule has 0 fully saturated rings. The summed E-state index contributed by atoms with van der Waals surface area (Å²) in [5.41, 5.74) is 1.94. The van der Waals surface area contributed by atoms with Crippen LogP contribution in [-0.4, -0.2) is 25.7 Å². The average molecular weight is 342 g/mol. The molecule has 0 radical (unpaired) electrons. The maximum absolute atomic E-state index is 12.0. The van der Waals surface area contributed by atoms with E-state index in [0.29, 0.717) is 19.5 Å². The molecule has 0 unspecified atom stereocenters. The molecule has 1 amide bonds. The number of carbonyl (C=O) groups is 1. The van der Waals surface area contributed by atoms with Crippen molar-refractivity contribution in [2.24, 2.45) is 0 Å². The van der Waals surface area contributed by atoms with Crippen molar-refractivity contribution in [1.82, 2.24) is 5.32 Å². The Morgan fingerprint density at radius 3 is 2.48 bits per heavy atom. The highest BCUT2D eigenvalue weighted by molar-refractivity contribution is 5.76. The van der Waals surface area contributed by atoms with Gasteiger partial charge < -0.3 is 20.1 Å². The summed E-state index contributed by atoms with van der Waals surface area (Å²) in [6.07, 6.45) is 0.502. The number of benzene rings is 2. The van der Waals surface area contributed by atoms with E-state index in [1.807, 2.05) is 62.4 Å². The van der Waals surface area contributed by atoms with Crippen molar-refractivity contribution in [3.63, 3.8) is 0 Å². The fourth-order valence-electron chi connectivity index (χ4n) is 2.31. The van der Waals surface area contributed by atoms with E-state index < -0.39 is 0 Å². The summed E-state index contributed by atoms with van der Waals surface area (Å²) >= 11 is 0. The molecule has 0 aliphatic carbocycles. The number of ether oxygens (including phenoxy) is 2. The Bertz CT molecular complexity index is 669. The molecule has 0 spiro atoms. The Balaban J connectivity index is 1.75. The van der Waals surface area contributed by atoms with Gasteiger partial charge in [-0.2, -0.15) is 0 Å². The van der Waals surface area contributed by atoms with Crippen molar-refractivity contribution in [1.29, 1.82) is 0 Å². The minimum absolute atomic E-state index is 0.00516. The topological polar surface area (TPSA) is 59.6 Å². The number of anilines is 1. The first-order valence-electron chi connectivity index (χ1n) is 8.47. The van der Waals surface area contributed by atoms with Crippen LogP contribution in [-0.2, 0) is 11.3 Å². The summed E-state index contributed by atoms with van der Waals surface area (Å²) in [4.78, 5) is 12.0. The third-order valence-corrected chi connectivity index (χ3v) is 3.57. The van der Waals surface area contributed by atoms with Gasteiger partial charge in [0.1, 0.15) is 11.5 Å². The lowest BCUT2D eigenvalue weighted by Gasteiger charge is -2.15. The molecule has 0 aromatic heterocycles. The monoisotopic (exact) mass is 342 g/mol. The van der Waals surface area contributed by atoms with Gasteiger partial charge in [0.05, 0.1) is 18.9 Å². The van der Waals surface area contributed by atoms with Crippen LogP contribution in [0.2, 0.25) is 0 Å². The number of methoxy groups -OCH3 is 1. The van der Waals surface area contributed by atoms with Crippen LogP contribution in [0.15, 0.2) is 48.5 Å². The fraction of sp³-hybridized carbons (Fsp3) is 0.350. The zero-order valence-electron chi connectivity index (χ0n) is 15.0. The van der Waals surface area contributed by atoms with Crippen LogP contribution in [0.1, 0.15) is 25.8 Å². The zero-order chi connectivity index (χ0) is 18.1. The molecule has 0 bridgehead atoms. The molecule has 5 heteroatoms. The van der Waals surface area contributed by atoms with Crippen molar-refractivity contribution in [3.8, 4) is 11.5 Å². The lowest BCUT2D eigenvalue weighted by atomic mass is 10.2. The molecule has 5 nitrogen and oxygen atoms in total. The zero-order valence-corrected chi connectivity index (χ0v) is 15.0. The van der Waals surface area contributed by atoms with Crippen LogP contribution in [0.25, 0.3) is 0 Å². The van der Waals surface area contributed by atoms with Crippen LogP contribution >= 0.6 is 0 Å². The second kappa shape index (κ2) is 9.57.